The molecule has 0 saturated heterocycles. The molecule has 0 bridgehead atoms. The maximum atomic E-state index is 14.0. The number of carbonyl (C=O) groups is 2. The number of ether oxygens (including phenoxy) is 1. The Bertz CT molecular complexity index is 626. The quantitative estimate of drug-likeness (QED) is 0.689. The van der Waals surface area contributed by atoms with Crippen molar-refractivity contribution < 1.29 is 18.7 Å². The van der Waals surface area contributed by atoms with Crippen LogP contribution in [0.3, 0.4) is 0 Å². The summed E-state index contributed by atoms with van der Waals surface area (Å²) in [5.41, 5.74) is 0.399. The van der Waals surface area contributed by atoms with Crippen LogP contribution in [-0.2, 0) is 20.7 Å². The standard InChI is InChI=1S/C22H32FNO3/c1-4-15(3)16-10-12-17(13-11-16)21(25)24-20(22(26)27-5-2)14-18-8-6-7-9-19(18)23/h6-9,15-17,20H,4-5,10-14H2,1-3H3,(H,24,25)/t15?,16?,17?,20-/m1/s1. The van der Waals surface area contributed by atoms with E-state index in [2.05, 4.69) is 19.2 Å². The number of benzene rings is 1. The number of nitrogens with one attached hydrogen (secondary N) is 1. The zero-order chi connectivity index (χ0) is 19.8. The molecule has 1 amide bonds. The van der Waals surface area contributed by atoms with Crippen LogP contribution >= 0.6 is 0 Å². The third kappa shape index (κ3) is 6.05. The Hall–Kier alpha value is -1.91. The van der Waals surface area contributed by atoms with Crippen LogP contribution in [0.2, 0.25) is 0 Å². The summed E-state index contributed by atoms with van der Waals surface area (Å²) in [5.74, 6) is 0.271. The molecule has 0 aliphatic heterocycles. The van der Waals surface area contributed by atoms with Gasteiger partial charge < -0.3 is 10.1 Å². The van der Waals surface area contributed by atoms with Crippen molar-refractivity contribution in [2.45, 2.75) is 65.3 Å². The second-order valence-electron chi connectivity index (χ2n) is 7.61. The topological polar surface area (TPSA) is 55.4 Å². The average molecular weight is 378 g/mol. The number of hydrogen-bond donors (Lipinski definition) is 1. The largest absolute Gasteiger partial charge is 0.464 e. The summed E-state index contributed by atoms with van der Waals surface area (Å²) in [4.78, 5) is 25.0. The molecule has 1 saturated carbocycles. The van der Waals surface area contributed by atoms with E-state index in [9.17, 15) is 14.0 Å². The number of esters is 1. The molecule has 0 heterocycles. The molecule has 5 heteroatoms. The van der Waals surface area contributed by atoms with Gasteiger partial charge >= 0.3 is 5.97 Å². The van der Waals surface area contributed by atoms with E-state index in [-0.39, 0.29) is 30.7 Å². The maximum absolute atomic E-state index is 14.0. The lowest BCUT2D eigenvalue weighted by Gasteiger charge is -2.32. The second-order valence-corrected chi connectivity index (χ2v) is 7.61. The Morgan fingerprint density at radius 2 is 1.85 bits per heavy atom. The molecule has 0 radical (unpaired) electrons. The van der Waals surface area contributed by atoms with Gasteiger partial charge in [0.25, 0.3) is 0 Å². The van der Waals surface area contributed by atoms with E-state index in [1.54, 1.807) is 25.1 Å². The minimum absolute atomic E-state index is 0.0807. The Balaban J connectivity index is 1.99. The first-order valence-corrected chi connectivity index (χ1v) is 10.2. The van der Waals surface area contributed by atoms with Crippen molar-refractivity contribution in [1.82, 2.24) is 5.32 Å². The van der Waals surface area contributed by atoms with Crippen LogP contribution in [0.5, 0.6) is 0 Å². The summed E-state index contributed by atoms with van der Waals surface area (Å²) in [5, 5.41) is 2.82. The molecule has 1 aromatic rings. The minimum atomic E-state index is -0.860. The first-order chi connectivity index (χ1) is 13.0. The predicted octanol–water partition coefficient (Wildman–Crippen LogP) is 4.27. The molecular formula is C22H32FNO3. The highest BCUT2D eigenvalue weighted by Crippen LogP contribution is 2.34. The van der Waals surface area contributed by atoms with Crippen molar-refractivity contribution in [3.8, 4) is 0 Å². The fourth-order valence-electron chi connectivity index (χ4n) is 3.89. The van der Waals surface area contributed by atoms with E-state index in [1.165, 1.54) is 6.07 Å². The number of halogens is 1. The first kappa shape index (κ1) is 21.4. The highest BCUT2D eigenvalue weighted by Gasteiger charge is 2.31. The van der Waals surface area contributed by atoms with Crippen LogP contribution < -0.4 is 5.32 Å². The summed E-state index contributed by atoms with van der Waals surface area (Å²) in [6.45, 7) is 6.42. The van der Waals surface area contributed by atoms with Crippen molar-refractivity contribution in [3.05, 3.63) is 35.6 Å². The van der Waals surface area contributed by atoms with Crippen molar-refractivity contribution in [1.29, 1.82) is 0 Å². The van der Waals surface area contributed by atoms with Gasteiger partial charge in [-0.05, 0) is 56.1 Å². The zero-order valence-corrected chi connectivity index (χ0v) is 16.7. The smallest absolute Gasteiger partial charge is 0.328 e. The molecule has 150 valence electrons. The van der Waals surface area contributed by atoms with Crippen molar-refractivity contribution in [2.24, 2.45) is 17.8 Å². The van der Waals surface area contributed by atoms with Gasteiger partial charge in [0.2, 0.25) is 5.91 Å². The zero-order valence-electron chi connectivity index (χ0n) is 16.7. The van der Waals surface area contributed by atoms with Gasteiger partial charge in [0.05, 0.1) is 6.61 Å². The number of carbonyl (C=O) groups excluding carboxylic acids is 2. The lowest BCUT2D eigenvalue weighted by Crippen LogP contribution is -2.46. The highest BCUT2D eigenvalue weighted by molar-refractivity contribution is 5.86. The number of rotatable bonds is 8. The van der Waals surface area contributed by atoms with Crippen molar-refractivity contribution in [2.75, 3.05) is 6.61 Å². The normalized spacial score (nSPS) is 21.9. The van der Waals surface area contributed by atoms with Gasteiger partial charge in [-0.3, -0.25) is 4.79 Å². The van der Waals surface area contributed by atoms with Crippen LogP contribution in [0.25, 0.3) is 0 Å². The van der Waals surface area contributed by atoms with Gasteiger partial charge in [0.15, 0.2) is 0 Å². The van der Waals surface area contributed by atoms with Crippen LogP contribution in [0.15, 0.2) is 24.3 Å². The Morgan fingerprint density at radius 3 is 2.44 bits per heavy atom. The fourth-order valence-corrected chi connectivity index (χ4v) is 3.89. The van der Waals surface area contributed by atoms with E-state index < -0.39 is 12.0 Å². The molecule has 27 heavy (non-hydrogen) atoms. The van der Waals surface area contributed by atoms with Crippen LogP contribution in [0.1, 0.15) is 58.4 Å². The Labute approximate surface area is 161 Å². The summed E-state index contributed by atoms with van der Waals surface area (Å²) >= 11 is 0. The monoisotopic (exact) mass is 377 g/mol. The van der Waals surface area contributed by atoms with Crippen molar-refractivity contribution >= 4 is 11.9 Å². The molecule has 1 fully saturated rings. The maximum Gasteiger partial charge on any atom is 0.328 e. The highest BCUT2D eigenvalue weighted by atomic mass is 19.1. The summed E-state index contributed by atoms with van der Waals surface area (Å²) in [6.07, 6.45) is 5.04. The van der Waals surface area contributed by atoms with E-state index in [0.717, 1.165) is 32.1 Å². The SMILES string of the molecule is CCOC(=O)[C@@H](Cc1ccccc1F)NC(=O)C1CCC(C(C)CC)CC1. The predicted molar refractivity (Wildman–Crippen MR) is 104 cm³/mol. The van der Waals surface area contributed by atoms with Gasteiger partial charge in [-0.15, -0.1) is 0 Å². The van der Waals surface area contributed by atoms with Crippen LogP contribution in [0.4, 0.5) is 4.39 Å². The molecular weight excluding hydrogens is 345 g/mol. The van der Waals surface area contributed by atoms with Crippen LogP contribution in [-0.4, -0.2) is 24.5 Å². The van der Waals surface area contributed by atoms with E-state index in [4.69, 9.17) is 4.74 Å². The van der Waals surface area contributed by atoms with E-state index >= 15 is 0 Å². The van der Waals surface area contributed by atoms with Gasteiger partial charge in [-0.1, -0.05) is 38.5 Å². The van der Waals surface area contributed by atoms with Gasteiger partial charge in [-0.25, -0.2) is 9.18 Å². The third-order valence-electron chi connectivity index (χ3n) is 5.86. The van der Waals surface area contributed by atoms with Gasteiger partial charge in [0, 0.05) is 12.3 Å². The molecule has 2 rings (SSSR count). The molecule has 1 unspecified atom stereocenters. The third-order valence-corrected chi connectivity index (χ3v) is 5.86. The Morgan fingerprint density at radius 1 is 1.19 bits per heavy atom. The van der Waals surface area contributed by atoms with E-state index in [1.807, 2.05) is 0 Å². The van der Waals surface area contributed by atoms with Gasteiger partial charge in [-0.2, -0.15) is 0 Å². The average Bonchev–Trinajstić information content (AvgIpc) is 2.68. The lowest BCUT2D eigenvalue weighted by molar-refractivity contribution is -0.148. The first-order valence-electron chi connectivity index (χ1n) is 10.2. The summed E-state index contributed by atoms with van der Waals surface area (Å²) < 4.78 is 19.1. The molecule has 1 N–H and O–H groups in total. The molecule has 1 aliphatic carbocycles. The van der Waals surface area contributed by atoms with E-state index in [0.29, 0.717) is 17.4 Å². The summed E-state index contributed by atoms with van der Waals surface area (Å²) in [6, 6.07) is 5.45. The molecule has 0 spiro atoms. The van der Waals surface area contributed by atoms with Crippen molar-refractivity contribution in [3.63, 3.8) is 0 Å². The van der Waals surface area contributed by atoms with Gasteiger partial charge in [0.1, 0.15) is 11.9 Å². The molecule has 2 atom stereocenters. The number of hydrogen-bond acceptors (Lipinski definition) is 3. The molecule has 1 aromatic carbocycles. The fraction of sp³-hybridized carbons (Fsp3) is 0.636. The number of amides is 1. The molecule has 0 aromatic heterocycles. The molecule has 1 aliphatic rings. The minimum Gasteiger partial charge on any atom is -0.464 e. The summed E-state index contributed by atoms with van der Waals surface area (Å²) in [7, 11) is 0. The molecule has 4 nitrogen and oxygen atoms in total. The van der Waals surface area contributed by atoms with Crippen LogP contribution in [0, 0.1) is 23.6 Å². The second kappa shape index (κ2) is 10.4. The Kier molecular flexibility index (Phi) is 8.26. The lowest BCUT2D eigenvalue weighted by atomic mass is 9.75.